The molecule has 1 heterocycles. The van der Waals surface area contributed by atoms with Crippen LogP contribution < -0.4 is 19.5 Å². The standard InChI is InChI=1S/C23H19ClN4O5S2/c1-14-6-8-15(9-7-14)21(29)25-22-26-27-23(34-22)35(30,31)28-19-12-16(24)10-11-20(19)33-18-5-3-4-17(13-18)32-2/h3-13,28H,1-2H3,(H,25,26,29). The number of carbonyl (C=O) groups is 1. The summed E-state index contributed by atoms with van der Waals surface area (Å²) in [6.45, 7) is 1.91. The largest absolute Gasteiger partial charge is 0.497 e. The van der Waals surface area contributed by atoms with Crippen molar-refractivity contribution >= 4 is 49.7 Å². The average molecular weight is 531 g/mol. The number of amides is 1. The van der Waals surface area contributed by atoms with Crippen molar-refractivity contribution in [3.63, 3.8) is 0 Å². The minimum absolute atomic E-state index is 0.0369. The van der Waals surface area contributed by atoms with E-state index in [2.05, 4.69) is 20.2 Å². The number of rotatable bonds is 8. The van der Waals surface area contributed by atoms with E-state index in [0.29, 0.717) is 33.4 Å². The van der Waals surface area contributed by atoms with E-state index in [-0.39, 0.29) is 20.9 Å². The van der Waals surface area contributed by atoms with Crippen molar-refractivity contribution in [1.29, 1.82) is 0 Å². The number of hydrogen-bond donors (Lipinski definition) is 2. The van der Waals surface area contributed by atoms with Gasteiger partial charge in [-0.05, 0) is 49.4 Å². The highest BCUT2D eigenvalue weighted by molar-refractivity contribution is 7.94. The van der Waals surface area contributed by atoms with Gasteiger partial charge in [-0.25, -0.2) is 0 Å². The van der Waals surface area contributed by atoms with Gasteiger partial charge >= 0.3 is 0 Å². The molecule has 0 unspecified atom stereocenters. The summed E-state index contributed by atoms with van der Waals surface area (Å²) in [7, 11) is -2.63. The Bertz CT molecular complexity index is 1470. The number of methoxy groups -OCH3 is 1. The molecule has 0 aliphatic carbocycles. The number of benzene rings is 3. The molecule has 0 atom stereocenters. The predicted molar refractivity (Wildman–Crippen MR) is 134 cm³/mol. The van der Waals surface area contributed by atoms with Crippen molar-refractivity contribution in [1.82, 2.24) is 10.2 Å². The van der Waals surface area contributed by atoms with Gasteiger partial charge < -0.3 is 9.47 Å². The van der Waals surface area contributed by atoms with Crippen LogP contribution in [0.5, 0.6) is 17.2 Å². The first kappa shape index (κ1) is 24.5. The number of hydrogen-bond acceptors (Lipinski definition) is 8. The van der Waals surface area contributed by atoms with E-state index in [1.165, 1.54) is 19.2 Å². The van der Waals surface area contributed by atoms with Gasteiger partial charge in [0.2, 0.25) is 5.13 Å². The van der Waals surface area contributed by atoms with E-state index >= 15 is 0 Å². The smallest absolute Gasteiger partial charge is 0.291 e. The zero-order valence-electron chi connectivity index (χ0n) is 18.5. The van der Waals surface area contributed by atoms with Crippen LogP contribution in [0.25, 0.3) is 0 Å². The van der Waals surface area contributed by atoms with Gasteiger partial charge in [-0.1, -0.05) is 46.7 Å². The normalized spacial score (nSPS) is 11.1. The number of halogens is 1. The fraction of sp³-hybridized carbons (Fsp3) is 0.0870. The highest BCUT2D eigenvalue weighted by atomic mass is 35.5. The van der Waals surface area contributed by atoms with Crippen LogP contribution in [0, 0.1) is 6.92 Å². The topological polar surface area (TPSA) is 120 Å². The number of nitrogens with zero attached hydrogens (tertiary/aromatic N) is 2. The molecule has 35 heavy (non-hydrogen) atoms. The van der Waals surface area contributed by atoms with E-state index in [9.17, 15) is 13.2 Å². The summed E-state index contributed by atoms with van der Waals surface area (Å²) < 4.78 is 39.1. The molecule has 4 rings (SSSR count). The Balaban J connectivity index is 1.53. The molecule has 0 aliphatic heterocycles. The van der Waals surface area contributed by atoms with Crippen molar-refractivity contribution in [2.75, 3.05) is 17.1 Å². The second-order valence-corrected chi connectivity index (χ2v) is 10.5. The van der Waals surface area contributed by atoms with Gasteiger partial charge in [0.15, 0.2) is 5.75 Å². The third-order valence-electron chi connectivity index (χ3n) is 4.63. The van der Waals surface area contributed by atoms with Crippen LogP contribution in [-0.4, -0.2) is 31.6 Å². The lowest BCUT2D eigenvalue weighted by molar-refractivity contribution is 0.102. The molecule has 0 saturated carbocycles. The first-order valence-corrected chi connectivity index (χ1v) is 12.8. The average Bonchev–Trinajstić information content (AvgIpc) is 3.31. The number of aryl methyl sites for hydroxylation is 1. The zero-order valence-corrected chi connectivity index (χ0v) is 20.9. The minimum Gasteiger partial charge on any atom is -0.497 e. The van der Waals surface area contributed by atoms with Gasteiger partial charge in [-0.2, -0.15) is 8.42 Å². The van der Waals surface area contributed by atoms with Gasteiger partial charge in [0.05, 0.1) is 12.8 Å². The Labute approximate surface area is 210 Å². The number of ether oxygens (including phenoxy) is 2. The molecule has 1 amide bonds. The molecule has 3 aromatic carbocycles. The molecule has 4 aromatic rings. The third-order valence-corrected chi connectivity index (χ3v) is 7.43. The molecular formula is C23H19ClN4O5S2. The van der Waals surface area contributed by atoms with Gasteiger partial charge in [-0.3, -0.25) is 14.8 Å². The molecular weight excluding hydrogens is 512 g/mol. The van der Waals surface area contributed by atoms with Crippen molar-refractivity contribution < 1.29 is 22.7 Å². The molecule has 180 valence electrons. The Morgan fingerprint density at radius 1 is 1.00 bits per heavy atom. The maximum Gasteiger partial charge on any atom is 0.291 e. The summed E-state index contributed by atoms with van der Waals surface area (Å²) in [5, 5.41) is 10.4. The molecule has 0 bridgehead atoms. The lowest BCUT2D eigenvalue weighted by Crippen LogP contribution is -2.13. The lowest BCUT2D eigenvalue weighted by Gasteiger charge is -2.13. The minimum atomic E-state index is -4.16. The predicted octanol–water partition coefficient (Wildman–Crippen LogP) is 5.35. The van der Waals surface area contributed by atoms with E-state index in [1.54, 1.807) is 54.6 Å². The second-order valence-electron chi connectivity index (χ2n) is 7.22. The number of carbonyl (C=O) groups excluding carboxylic acids is 1. The summed E-state index contributed by atoms with van der Waals surface area (Å²) >= 11 is 6.80. The monoisotopic (exact) mass is 530 g/mol. The Kier molecular flexibility index (Phi) is 7.20. The first-order valence-electron chi connectivity index (χ1n) is 10.1. The molecule has 0 saturated heterocycles. The van der Waals surface area contributed by atoms with Gasteiger partial charge in [0, 0.05) is 16.7 Å². The van der Waals surface area contributed by atoms with Crippen LogP contribution in [0.1, 0.15) is 15.9 Å². The molecule has 1 aromatic heterocycles. The quantitative estimate of drug-likeness (QED) is 0.294. The van der Waals surface area contributed by atoms with Gasteiger partial charge in [-0.15, -0.1) is 10.2 Å². The van der Waals surface area contributed by atoms with Crippen molar-refractivity contribution in [2.24, 2.45) is 0 Å². The highest BCUT2D eigenvalue weighted by Crippen LogP contribution is 2.35. The SMILES string of the molecule is COc1cccc(Oc2ccc(Cl)cc2NS(=O)(=O)c2nnc(NC(=O)c3ccc(C)cc3)s2)c1. The van der Waals surface area contributed by atoms with Crippen molar-refractivity contribution in [2.45, 2.75) is 11.3 Å². The van der Waals surface area contributed by atoms with Gasteiger partial charge in [0.1, 0.15) is 11.5 Å². The summed E-state index contributed by atoms with van der Waals surface area (Å²) in [4.78, 5) is 12.4. The van der Waals surface area contributed by atoms with Crippen molar-refractivity contribution in [3.8, 4) is 17.2 Å². The first-order chi connectivity index (χ1) is 16.7. The molecule has 0 spiro atoms. The van der Waals surface area contributed by atoms with Crippen molar-refractivity contribution in [3.05, 3.63) is 82.9 Å². The molecule has 0 aliphatic rings. The fourth-order valence-corrected chi connectivity index (χ4v) is 5.02. The van der Waals surface area contributed by atoms with Crippen LogP contribution in [0.2, 0.25) is 5.02 Å². The van der Waals surface area contributed by atoms with Crippen LogP contribution in [-0.2, 0) is 10.0 Å². The third kappa shape index (κ3) is 6.07. The summed E-state index contributed by atoms with van der Waals surface area (Å²) in [5.74, 6) is 0.794. The fourth-order valence-electron chi connectivity index (χ4n) is 2.89. The number of aromatic nitrogens is 2. The Morgan fingerprint density at radius 2 is 1.74 bits per heavy atom. The van der Waals surface area contributed by atoms with Crippen LogP contribution in [0.15, 0.2) is 71.1 Å². The van der Waals surface area contributed by atoms with E-state index in [4.69, 9.17) is 21.1 Å². The number of nitrogens with one attached hydrogen (secondary N) is 2. The molecule has 9 nitrogen and oxygen atoms in total. The number of anilines is 2. The maximum absolute atomic E-state index is 13.0. The molecule has 0 fully saturated rings. The summed E-state index contributed by atoms with van der Waals surface area (Å²) in [6, 6.07) is 18.3. The molecule has 2 N–H and O–H groups in total. The summed E-state index contributed by atoms with van der Waals surface area (Å²) in [6.07, 6.45) is 0. The second kappa shape index (κ2) is 10.3. The lowest BCUT2D eigenvalue weighted by atomic mass is 10.1. The Hall–Kier alpha value is -3.67. The molecule has 12 heteroatoms. The maximum atomic E-state index is 13.0. The van der Waals surface area contributed by atoms with E-state index in [1.807, 2.05) is 6.92 Å². The van der Waals surface area contributed by atoms with Crippen LogP contribution in [0.3, 0.4) is 0 Å². The van der Waals surface area contributed by atoms with Crippen LogP contribution in [0.4, 0.5) is 10.8 Å². The number of sulfonamides is 1. The van der Waals surface area contributed by atoms with Crippen LogP contribution >= 0.6 is 22.9 Å². The summed E-state index contributed by atoms with van der Waals surface area (Å²) in [5.41, 5.74) is 1.51. The van der Waals surface area contributed by atoms with E-state index < -0.39 is 15.9 Å². The molecule has 0 radical (unpaired) electrons. The zero-order chi connectivity index (χ0) is 25.0. The van der Waals surface area contributed by atoms with Gasteiger partial charge in [0.25, 0.3) is 20.3 Å². The van der Waals surface area contributed by atoms with E-state index in [0.717, 1.165) is 5.56 Å². The highest BCUT2D eigenvalue weighted by Gasteiger charge is 2.23. The Morgan fingerprint density at radius 3 is 2.49 bits per heavy atom.